The summed E-state index contributed by atoms with van der Waals surface area (Å²) in [6, 6.07) is 0.129. The fourth-order valence-corrected chi connectivity index (χ4v) is 3.30. The normalized spacial score (nSPS) is 23.7. The van der Waals surface area contributed by atoms with Crippen molar-refractivity contribution < 1.29 is 0 Å². The second kappa shape index (κ2) is 5.44. The number of aromatic nitrogens is 2. The van der Waals surface area contributed by atoms with Crippen LogP contribution in [-0.2, 0) is 0 Å². The predicted molar refractivity (Wildman–Crippen MR) is 62.2 cm³/mol. The number of hydrogen-bond acceptors (Lipinski definition) is 5. The van der Waals surface area contributed by atoms with Crippen molar-refractivity contribution >= 4 is 11.8 Å². The van der Waals surface area contributed by atoms with Crippen molar-refractivity contribution in [1.82, 2.24) is 15.4 Å². The Labute approximate surface area is 94.0 Å². The molecule has 0 aliphatic carbocycles. The Bertz CT molecular complexity index is 287. The van der Waals surface area contributed by atoms with Crippen molar-refractivity contribution in [2.75, 3.05) is 5.75 Å². The lowest BCUT2D eigenvalue weighted by molar-refractivity contribution is 0.481. The number of rotatable bonds is 3. The molecule has 82 valence electrons. The van der Waals surface area contributed by atoms with Crippen molar-refractivity contribution in [2.45, 2.75) is 30.6 Å². The highest BCUT2D eigenvalue weighted by molar-refractivity contribution is 8.00. The molecule has 1 aliphatic heterocycles. The maximum absolute atomic E-state index is 5.60. The first-order valence-electron chi connectivity index (χ1n) is 5.25. The molecule has 1 aromatic rings. The van der Waals surface area contributed by atoms with Gasteiger partial charge in [-0.05, 0) is 18.6 Å². The first-order chi connectivity index (χ1) is 7.42. The molecular weight excluding hydrogens is 208 g/mol. The van der Waals surface area contributed by atoms with E-state index in [0.717, 1.165) is 5.69 Å². The van der Waals surface area contributed by atoms with Crippen LogP contribution in [-0.4, -0.2) is 21.0 Å². The molecule has 1 aromatic heterocycles. The van der Waals surface area contributed by atoms with E-state index in [-0.39, 0.29) is 6.04 Å². The third-order valence-electron chi connectivity index (χ3n) is 2.67. The van der Waals surface area contributed by atoms with Crippen molar-refractivity contribution in [3.8, 4) is 0 Å². The Morgan fingerprint density at radius 3 is 3.00 bits per heavy atom. The van der Waals surface area contributed by atoms with Crippen molar-refractivity contribution in [3.63, 3.8) is 0 Å². The van der Waals surface area contributed by atoms with Gasteiger partial charge < -0.3 is 0 Å². The van der Waals surface area contributed by atoms with E-state index in [1.807, 2.05) is 11.8 Å². The van der Waals surface area contributed by atoms with Gasteiger partial charge in [0.15, 0.2) is 0 Å². The Morgan fingerprint density at radius 2 is 2.40 bits per heavy atom. The van der Waals surface area contributed by atoms with Gasteiger partial charge in [0.25, 0.3) is 0 Å². The fourth-order valence-electron chi connectivity index (χ4n) is 1.88. The van der Waals surface area contributed by atoms with Crippen LogP contribution in [0.4, 0.5) is 0 Å². The summed E-state index contributed by atoms with van der Waals surface area (Å²) in [7, 11) is 0. The number of nitrogens with zero attached hydrogens (tertiary/aromatic N) is 2. The molecule has 0 bridgehead atoms. The van der Waals surface area contributed by atoms with Crippen molar-refractivity contribution in [3.05, 3.63) is 24.3 Å². The van der Waals surface area contributed by atoms with Crippen LogP contribution in [0, 0.1) is 0 Å². The number of nitrogens with one attached hydrogen (secondary N) is 1. The van der Waals surface area contributed by atoms with Gasteiger partial charge in [-0.1, -0.05) is 6.42 Å². The van der Waals surface area contributed by atoms with Gasteiger partial charge in [-0.3, -0.25) is 21.2 Å². The predicted octanol–water partition coefficient (Wildman–Crippen LogP) is 1.27. The molecular formula is C10H16N4S. The van der Waals surface area contributed by atoms with Gasteiger partial charge in [-0.25, -0.2) is 0 Å². The van der Waals surface area contributed by atoms with Crippen molar-refractivity contribution in [1.29, 1.82) is 0 Å². The number of thioether (sulfide) groups is 1. The first kappa shape index (κ1) is 10.9. The van der Waals surface area contributed by atoms with E-state index in [2.05, 4.69) is 15.4 Å². The molecule has 2 heterocycles. The average molecular weight is 224 g/mol. The highest BCUT2D eigenvalue weighted by Crippen LogP contribution is 2.33. The molecule has 2 unspecified atom stereocenters. The van der Waals surface area contributed by atoms with Gasteiger partial charge in [0.2, 0.25) is 0 Å². The Kier molecular flexibility index (Phi) is 3.94. The lowest BCUT2D eigenvalue weighted by Gasteiger charge is -2.28. The zero-order valence-electron chi connectivity index (χ0n) is 8.60. The summed E-state index contributed by atoms with van der Waals surface area (Å²) < 4.78 is 0. The van der Waals surface area contributed by atoms with Crippen LogP contribution in [0.3, 0.4) is 0 Å². The molecule has 1 aliphatic rings. The van der Waals surface area contributed by atoms with E-state index in [1.165, 1.54) is 25.0 Å². The van der Waals surface area contributed by atoms with Crippen LogP contribution in [0.15, 0.2) is 18.6 Å². The molecule has 5 heteroatoms. The number of hydrazine groups is 1. The second-order valence-electron chi connectivity index (χ2n) is 3.68. The standard InChI is InChI=1S/C10H16N4S/c11-14-10(8-7-12-4-5-13-8)9-3-1-2-6-15-9/h4-5,7,9-10,14H,1-3,6,11H2. The summed E-state index contributed by atoms with van der Waals surface area (Å²) in [5, 5.41) is 0.528. The minimum absolute atomic E-state index is 0.129. The quantitative estimate of drug-likeness (QED) is 0.598. The summed E-state index contributed by atoms with van der Waals surface area (Å²) in [6.07, 6.45) is 9.00. The van der Waals surface area contributed by atoms with Crippen molar-refractivity contribution in [2.24, 2.45) is 5.84 Å². The highest BCUT2D eigenvalue weighted by atomic mass is 32.2. The van der Waals surface area contributed by atoms with Crippen LogP contribution in [0.5, 0.6) is 0 Å². The SMILES string of the molecule is NNC(c1cnccn1)C1CCCCS1. The molecule has 2 rings (SSSR count). The molecule has 4 nitrogen and oxygen atoms in total. The zero-order chi connectivity index (χ0) is 10.5. The maximum atomic E-state index is 5.60. The molecule has 0 radical (unpaired) electrons. The summed E-state index contributed by atoms with van der Waals surface area (Å²) in [6.45, 7) is 0. The summed E-state index contributed by atoms with van der Waals surface area (Å²) in [4.78, 5) is 8.39. The molecule has 0 amide bonds. The molecule has 3 N–H and O–H groups in total. The average Bonchev–Trinajstić information content (AvgIpc) is 2.33. The molecule has 1 saturated heterocycles. The van der Waals surface area contributed by atoms with Crippen LogP contribution in [0.2, 0.25) is 0 Å². The van der Waals surface area contributed by atoms with Crippen LogP contribution in [0.1, 0.15) is 31.0 Å². The van der Waals surface area contributed by atoms with Gasteiger partial charge in [0, 0.05) is 17.6 Å². The van der Waals surface area contributed by atoms with Crippen LogP contribution < -0.4 is 11.3 Å². The maximum Gasteiger partial charge on any atom is 0.0780 e. The van der Waals surface area contributed by atoms with Gasteiger partial charge in [-0.2, -0.15) is 11.8 Å². The number of hydrogen-bond donors (Lipinski definition) is 2. The fraction of sp³-hybridized carbons (Fsp3) is 0.600. The summed E-state index contributed by atoms with van der Waals surface area (Å²) in [5.41, 5.74) is 3.81. The smallest absolute Gasteiger partial charge is 0.0780 e. The van der Waals surface area contributed by atoms with Gasteiger partial charge in [0.05, 0.1) is 17.9 Å². The lowest BCUT2D eigenvalue weighted by atomic mass is 10.1. The van der Waals surface area contributed by atoms with E-state index in [1.54, 1.807) is 18.6 Å². The van der Waals surface area contributed by atoms with E-state index in [0.29, 0.717) is 5.25 Å². The summed E-state index contributed by atoms with van der Waals surface area (Å²) >= 11 is 1.98. The van der Waals surface area contributed by atoms with Gasteiger partial charge >= 0.3 is 0 Å². The van der Waals surface area contributed by atoms with Crippen LogP contribution >= 0.6 is 11.8 Å². The Balaban J connectivity index is 2.09. The minimum Gasteiger partial charge on any atom is -0.271 e. The molecule has 0 saturated carbocycles. The van der Waals surface area contributed by atoms with Gasteiger partial charge in [0.1, 0.15) is 0 Å². The van der Waals surface area contributed by atoms with Gasteiger partial charge in [-0.15, -0.1) is 0 Å². The lowest BCUT2D eigenvalue weighted by Crippen LogP contribution is -2.36. The topological polar surface area (TPSA) is 63.8 Å². The Morgan fingerprint density at radius 1 is 1.47 bits per heavy atom. The molecule has 0 spiro atoms. The third kappa shape index (κ3) is 2.68. The zero-order valence-corrected chi connectivity index (χ0v) is 9.41. The highest BCUT2D eigenvalue weighted by Gasteiger charge is 2.25. The largest absolute Gasteiger partial charge is 0.271 e. The minimum atomic E-state index is 0.129. The van der Waals surface area contributed by atoms with E-state index in [9.17, 15) is 0 Å². The van der Waals surface area contributed by atoms with Crippen LogP contribution in [0.25, 0.3) is 0 Å². The molecule has 15 heavy (non-hydrogen) atoms. The molecule has 1 fully saturated rings. The molecule has 2 atom stereocenters. The third-order valence-corrected chi connectivity index (χ3v) is 4.13. The summed E-state index contributed by atoms with van der Waals surface area (Å²) in [5.74, 6) is 6.83. The molecule has 0 aromatic carbocycles. The van der Waals surface area contributed by atoms with E-state index < -0.39 is 0 Å². The monoisotopic (exact) mass is 224 g/mol. The first-order valence-corrected chi connectivity index (χ1v) is 6.30. The number of nitrogens with two attached hydrogens (primary N) is 1. The van der Waals surface area contributed by atoms with E-state index >= 15 is 0 Å². The Hall–Kier alpha value is -0.650. The second-order valence-corrected chi connectivity index (χ2v) is 5.03. The van der Waals surface area contributed by atoms with E-state index in [4.69, 9.17) is 5.84 Å².